The minimum Gasteiger partial charge on any atom is -0.450 e. The summed E-state index contributed by atoms with van der Waals surface area (Å²) in [7, 11) is 0. The van der Waals surface area contributed by atoms with Crippen molar-refractivity contribution >= 4 is 17.7 Å². The number of hydrogen-bond acceptors (Lipinski definition) is 6. The van der Waals surface area contributed by atoms with Gasteiger partial charge in [0.15, 0.2) is 6.19 Å². The molecule has 0 bridgehead atoms. The Balaban J connectivity index is 1.87. The third-order valence-corrected chi connectivity index (χ3v) is 4.02. The van der Waals surface area contributed by atoms with Gasteiger partial charge in [-0.05, 0) is 31.0 Å². The zero-order valence-electron chi connectivity index (χ0n) is 14.3. The first-order chi connectivity index (χ1) is 12.0. The van der Waals surface area contributed by atoms with Crippen molar-refractivity contribution < 1.29 is 14.3 Å². The summed E-state index contributed by atoms with van der Waals surface area (Å²) < 4.78 is 4.96. The van der Waals surface area contributed by atoms with Crippen LogP contribution >= 0.6 is 0 Å². The van der Waals surface area contributed by atoms with Gasteiger partial charge in [-0.3, -0.25) is 10.1 Å². The smallest absolute Gasteiger partial charge is 0.409 e. The van der Waals surface area contributed by atoms with E-state index in [-0.39, 0.29) is 12.0 Å². The summed E-state index contributed by atoms with van der Waals surface area (Å²) in [6, 6.07) is 6.59. The molecule has 0 aliphatic carbocycles. The molecule has 1 heterocycles. The Bertz CT molecular complexity index is 650. The van der Waals surface area contributed by atoms with Crippen LogP contribution < -0.4 is 11.1 Å². The quantitative estimate of drug-likeness (QED) is 0.602. The third-order valence-electron chi connectivity index (χ3n) is 4.02. The maximum atomic E-state index is 12.5. The van der Waals surface area contributed by atoms with Crippen LogP contribution in [0.5, 0.6) is 0 Å². The van der Waals surface area contributed by atoms with Crippen molar-refractivity contribution in [1.29, 1.82) is 5.26 Å². The molecule has 1 aliphatic rings. The molecule has 134 valence electrons. The number of rotatable bonds is 5. The first-order valence-electron chi connectivity index (χ1n) is 8.25. The molecule has 1 aliphatic heterocycles. The lowest BCUT2D eigenvalue weighted by Crippen LogP contribution is -2.54. The van der Waals surface area contributed by atoms with Crippen molar-refractivity contribution in [3.63, 3.8) is 0 Å². The predicted molar refractivity (Wildman–Crippen MR) is 92.5 cm³/mol. The minimum absolute atomic E-state index is 0.137. The van der Waals surface area contributed by atoms with Crippen LogP contribution in [0.3, 0.4) is 0 Å². The molecule has 25 heavy (non-hydrogen) atoms. The number of nitrogens with two attached hydrogens (primary N) is 1. The summed E-state index contributed by atoms with van der Waals surface area (Å²) in [6.45, 7) is 3.88. The zero-order chi connectivity index (χ0) is 18.2. The van der Waals surface area contributed by atoms with E-state index in [4.69, 9.17) is 15.7 Å². The fourth-order valence-corrected chi connectivity index (χ4v) is 2.74. The van der Waals surface area contributed by atoms with E-state index in [0.717, 1.165) is 5.56 Å². The molecular weight excluding hydrogens is 322 g/mol. The third kappa shape index (κ3) is 5.09. The van der Waals surface area contributed by atoms with Gasteiger partial charge in [-0.15, -0.1) is 0 Å². The van der Waals surface area contributed by atoms with Gasteiger partial charge in [0.25, 0.3) is 0 Å². The number of piperazine rings is 1. The molecule has 2 amide bonds. The van der Waals surface area contributed by atoms with Gasteiger partial charge in [-0.1, -0.05) is 12.1 Å². The van der Waals surface area contributed by atoms with Crippen LogP contribution in [0.4, 0.5) is 10.5 Å². The van der Waals surface area contributed by atoms with Gasteiger partial charge in [0, 0.05) is 31.9 Å². The maximum absolute atomic E-state index is 12.5. The molecule has 0 unspecified atom stereocenters. The molecule has 3 N–H and O–H groups in total. The number of nitriles is 1. The second kappa shape index (κ2) is 8.89. The number of amides is 2. The monoisotopic (exact) mass is 345 g/mol. The number of hydrogen-bond donors (Lipinski definition) is 2. The summed E-state index contributed by atoms with van der Waals surface area (Å²) >= 11 is 0. The number of anilines is 1. The summed E-state index contributed by atoms with van der Waals surface area (Å²) in [5.74, 6) is -0.137. The summed E-state index contributed by atoms with van der Waals surface area (Å²) in [6.07, 6.45) is 1.90. The van der Waals surface area contributed by atoms with Crippen molar-refractivity contribution in [2.45, 2.75) is 19.4 Å². The standard InChI is InChI=1S/C17H23N5O3/c1-2-25-17(24)22-8-6-21(7-9-22)16(23)15(19)11-13-4-3-5-14(10-13)20-12-18/h3-5,10,15,20H,2,6-9,11,19H2,1H3/t15-/m0/s1. The number of nitrogens with one attached hydrogen (secondary N) is 1. The van der Waals surface area contributed by atoms with Crippen molar-refractivity contribution in [3.05, 3.63) is 29.8 Å². The average molecular weight is 345 g/mol. The van der Waals surface area contributed by atoms with E-state index in [1.807, 2.05) is 18.3 Å². The Kier molecular flexibility index (Phi) is 6.60. The predicted octanol–water partition coefficient (Wildman–Crippen LogP) is 0.750. The largest absolute Gasteiger partial charge is 0.450 e. The van der Waals surface area contributed by atoms with Crippen LogP contribution in [-0.2, 0) is 16.0 Å². The van der Waals surface area contributed by atoms with Crippen LogP contribution in [0, 0.1) is 11.5 Å². The van der Waals surface area contributed by atoms with Gasteiger partial charge in [0.05, 0.1) is 12.6 Å². The highest BCUT2D eigenvalue weighted by Gasteiger charge is 2.27. The average Bonchev–Trinajstić information content (AvgIpc) is 2.62. The molecule has 1 fully saturated rings. The van der Waals surface area contributed by atoms with Crippen molar-refractivity contribution in [2.75, 3.05) is 38.1 Å². The van der Waals surface area contributed by atoms with E-state index in [2.05, 4.69) is 5.32 Å². The van der Waals surface area contributed by atoms with Gasteiger partial charge in [0.2, 0.25) is 5.91 Å². The van der Waals surface area contributed by atoms with Crippen molar-refractivity contribution in [2.24, 2.45) is 5.73 Å². The number of ether oxygens (including phenoxy) is 1. The Morgan fingerprint density at radius 3 is 2.64 bits per heavy atom. The molecule has 0 aromatic heterocycles. The second-order valence-electron chi connectivity index (χ2n) is 5.76. The molecule has 0 spiro atoms. The second-order valence-corrected chi connectivity index (χ2v) is 5.76. The molecule has 1 aromatic carbocycles. The Hall–Kier alpha value is -2.79. The fourth-order valence-electron chi connectivity index (χ4n) is 2.74. The highest BCUT2D eigenvalue weighted by atomic mass is 16.6. The first kappa shape index (κ1) is 18.5. The lowest BCUT2D eigenvalue weighted by atomic mass is 10.0. The normalized spacial score (nSPS) is 15.2. The van der Waals surface area contributed by atoms with Crippen LogP contribution in [-0.4, -0.2) is 60.6 Å². The first-order valence-corrected chi connectivity index (χ1v) is 8.25. The molecule has 0 radical (unpaired) electrons. The molecule has 1 saturated heterocycles. The number of carbonyl (C=O) groups excluding carboxylic acids is 2. The highest BCUT2D eigenvalue weighted by molar-refractivity contribution is 5.82. The van der Waals surface area contributed by atoms with Gasteiger partial charge >= 0.3 is 6.09 Å². The Labute approximate surface area is 147 Å². The van der Waals surface area contributed by atoms with Crippen LogP contribution in [0.25, 0.3) is 0 Å². The molecule has 8 heteroatoms. The van der Waals surface area contributed by atoms with E-state index >= 15 is 0 Å². The lowest BCUT2D eigenvalue weighted by molar-refractivity contribution is -0.134. The van der Waals surface area contributed by atoms with Crippen molar-refractivity contribution in [1.82, 2.24) is 9.80 Å². The maximum Gasteiger partial charge on any atom is 0.409 e. The Morgan fingerprint density at radius 2 is 2.00 bits per heavy atom. The highest BCUT2D eigenvalue weighted by Crippen LogP contribution is 2.13. The number of nitrogens with zero attached hydrogens (tertiary/aromatic N) is 3. The van der Waals surface area contributed by atoms with E-state index < -0.39 is 6.04 Å². The van der Waals surface area contributed by atoms with Crippen LogP contribution in [0.2, 0.25) is 0 Å². The number of benzene rings is 1. The van der Waals surface area contributed by atoms with E-state index in [9.17, 15) is 9.59 Å². The van der Waals surface area contributed by atoms with E-state index in [1.54, 1.807) is 28.9 Å². The van der Waals surface area contributed by atoms with Gasteiger partial charge < -0.3 is 20.3 Å². The molecule has 1 aromatic rings. The summed E-state index contributed by atoms with van der Waals surface area (Å²) in [4.78, 5) is 27.5. The molecule has 2 rings (SSSR count). The molecular formula is C17H23N5O3. The van der Waals surface area contributed by atoms with Gasteiger partial charge in [0.1, 0.15) is 0 Å². The SMILES string of the molecule is CCOC(=O)N1CCN(C(=O)[C@@H](N)Cc2cccc(NC#N)c2)CC1. The summed E-state index contributed by atoms with van der Waals surface area (Å²) in [5.41, 5.74) is 7.61. The summed E-state index contributed by atoms with van der Waals surface area (Å²) in [5, 5.41) is 11.2. The molecule has 8 nitrogen and oxygen atoms in total. The topological polar surface area (TPSA) is 112 Å². The van der Waals surface area contributed by atoms with Crippen LogP contribution in [0.1, 0.15) is 12.5 Å². The van der Waals surface area contributed by atoms with Gasteiger partial charge in [-0.25, -0.2) is 4.79 Å². The van der Waals surface area contributed by atoms with Crippen molar-refractivity contribution in [3.8, 4) is 6.19 Å². The zero-order valence-corrected chi connectivity index (χ0v) is 14.3. The Morgan fingerprint density at radius 1 is 1.32 bits per heavy atom. The molecule has 1 atom stereocenters. The van der Waals surface area contributed by atoms with Crippen LogP contribution in [0.15, 0.2) is 24.3 Å². The van der Waals surface area contributed by atoms with Gasteiger partial charge in [-0.2, -0.15) is 5.26 Å². The number of carbonyl (C=O) groups is 2. The van der Waals surface area contributed by atoms with E-state index in [1.165, 1.54) is 0 Å². The molecule has 0 saturated carbocycles. The minimum atomic E-state index is -0.661. The van der Waals surface area contributed by atoms with E-state index in [0.29, 0.717) is 44.9 Å². The lowest BCUT2D eigenvalue weighted by Gasteiger charge is -2.35. The fraction of sp³-hybridized carbons (Fsp3) is 0.471.